The highest BCUT2D eigenvalue weighted by Gasteiger charge is 2.27. The van der Waals surface area contributed by atoms with E-state index in [4.69, 9.17) is 4.74 Å². The molecule has 0 bridgehead atoms. The van der Waals surface area contributed by atoms with Crippen LogP contribution >= 0.6 is 0 Å². The highest BCUT2D eigenvalue weighted by molar-refractivity contribution is 5.18. The number of imidazole rings is 1. The number of likely N-dealkylation sites (tertiary alicyclic amines) is 1. The van der Waals surface area contributed by atoms with Crippen LogP contribution in [0.15, 0.2) is 18.0 Å². The Hall–Kier alpha value is -1.13. The molecule has 1 unspecified atom stereocenters. The average molecular weight is 287 g/mol. The van der Waals surface area contributed by atoms with Crippen molar-refractivity contribution >= 4 is 0 Å². The van der Waals surface area contributed by atoms with Gasteiger partial charge in [-0.05, 0) is 44.1 Å². The van der Waals surface area contributed by atoms with E-state index in [0.717, 1.165) is 26.2 Å². The fourth-order valence-corrected chi connectivity index (χ4v) is 4.00. The van der Waals surface area contributed by atoms with E-state index in [0.29, 0.717) is 6.04 Å². The van der Waals surface area contributed by atoms with Crippen molar-refractivity contribution < 1.29 is 4.74 Å². The number of fused-ring (bicyclic) bond motifs is 1. The van der Waals surface area contributed by atoms with Crippen molar-refractivity contribution in [1.82, 2.24) is 14.5 Å². The van der Waals surface area contributed by atoms with Gasteiger partial charge in [-0.15, -0.1) is 0 Å². The van der Waals surface area contributed by atoms with Crippen molar-refractivity contribution in [2.24, 2.45) is 0 Å². The van der Waals surface area contributed by atoms with Crippen LogP contribution in [0.2, 0.25) is 0 Å². The van der Waals surface area contributed by atoms with Crippen molar-refractivity contribution in [1.29, 1.82) is 0 Å². The fraction of sp³-hybridized carbons (Fsp3) is 0.706. The lowest BCUT2D eigenvalue weighted by Gasteiger charge is -2.22. The van der Waals surface area contributed by atoms with Crippen molar-refractivity contribution in [3.8, 4) is 0 Å². The number of aryl methyl sites for hydroxylation is 1. The van der Waals surface area contributed by atoms with Gasteiger partial charge in [0.2, 0.25) is 0 Å². The summed E-state index contributed by atoms with van der Waals surface area (Å²) in [4.78, 5) is 7.24. The maximum Gasteiger partial charge on any atom is 0.0954 e. The lowest BCUT2D eigenvalue weighted by molar-refractivity contribution is 0.143. The second-order valence-corrected chi connectivity index (χ2v) is 6.63. The van der Waals surface area contributed by atoms with Gasteiger partial charge in [0.05, 0.1) is 25.2 Å². The van der Waals surface area contributed by atoms with Crippen molar-refractivity contribution in [2.75, 3.05) is 32.8 Å². The highest BCUT2D eigenvalue weighted by atomic mass is 16.5. The molecule has 4 heteroatoms. The van der Waals surface area contributed by atoms with Gasteiger partial charge in [-0.3, -0.25) is 4.90 Å². The second-order valence-electron chi connectivity index (χ2n) is 6.63. The van der Waals surface area contributed by atoms with E-state index in [9.17, 15) is 0 Å². The van der Waals surface area contributed by atoms with Gasteiger partial charge in [0.1, 0.15) is 0 Å². The van der Waals surface area contributed by atoms with E-state index in [-0.39, 0.29) is 0 Å². The predicted octanol–water partition coefficient (Wildman–Crippen LogP) is 2.36. The molecule has 0 aromatic carbocycles. The zero-order valence-electron chi connectivity index (χ0n) is 12.8. The van der Waals surface area contributed by atoms with Crippen LogP contribution in [-0.4, -0.2) is 47.3 Å². The maximum absolute atomic E-state index is 5.56. The minimum Gasteiger partial charge on any atom is -0.377 e. The Balaban J connectivity index is 1.42. The summed E-state index contributed by atoms with van der Waals surface area (Å²) in [5, 5.41) is 0. The molecule has 0 N–H and O–H groups in total. The molecular formula is C17H25N3O. The van der Waals surface area contributed by atoms with Crippen molar-refractivity contribution in [2.45, 2.75) is 44.6 Å². The monoisotopic (exact) mass is 287 g/mol. The Bertz CT molecular complexity index is 534. The minimum atomic E-state index is 0.629. The van der Waals surface area contributed by atoms with Crippen LogP contribution in [-0.2, 0) is 17.6 Å². The summed E-state index contributed by atoms with van der Waals surface area (Å²) in [5.74, 6) is 0. The molecule has 1 aromatic heterocycles. The van der Waals surface area contributed by atoms with E-state index >= 15 is 0 Å². The first-order valence-electron chi connectivity index (χ1n) is 8.43. The summed E-state index contributed by atoms with van der Waals surface area (Å²) in [5.41, 5.74) is 4.35. The molecule has 3 aliphatic rings. The Kier molecular flexibility index (Phi) is 3.82. The summed E-state index contributed by atoms with van der Waals surface area (Å²) in [6.45, 7) is 5.19. The van der Waals surface area contributed by atoms with Gasteiger partial charge in [0.25, 0.3) is 0 Å². The predicted molar refractivity (Wildman–Crippen MR) is 82.5 cm³/mol. The molecule has 0 radical (unpaired) electrons. The number of nitrogens with zero attached hydrogens (tertiary/aromatic N) is 3. The van der Waals surface area contributed by atoms with E-state index in [1.165, 1.54) is 62.2 Å². The fourth-order valence-electron chi connectivity index (χ4n) is 4.00. The van der Waals surface area contributed by atoms with Crippen LogP contribution in [0.5, 0.6) is 0 Å². The summed E-state index contributed by atoms with van der Waals surface area (Å²) >= 11 is 0. The maximum atomic E-state index is 5.56. The van der Waals surface area contributed by atoms with Gasteiger partial charge >= 0.3 is 0 Å². The molecule has 21 heavy (non-hydrogen) atoms. The summed E-state index contributed by atoms with van der Waals surface area (Å²) in [6.07, 6.45) is 11.9. The molecule has 1 fully saturated rings. The topological polar surface area (TPSA) is 30.3 Å². The Morgan fingerprint density at radius 2 is 2.24 bits per heavy atom. The molecule has 0 saturated carbocycles. The molecule has 0 spiro atoms. The molecule has 1 saturated heterocycles. The normalized spacial score (nSPS) is 26.7. The van der Waals surface area contributed by atoms with Crippen LogP contribution < -0.4 is 0 Å². The molecular weight excluding hydrogens is 262 g/mol. The molecule has 2 aliphatic heterocycles. The largest absolute Gasteiger partial charge is 0.377 e. The van der Waals surface area contributed by atoms with Gasteiger partial charge in [-0.2, -0.15) is 0 Å². The van der Waals surface area contributed by atoms with Crippen LogP contribution in [0.4, 0.5) is 0 Å². The zero-order chi connectivity index (χ0) is 14.1. The first kappa shape index (κ1) is 13.5. The minimum absolute atomic E-state index is 0.629. The van der Waals surface area contributed by atoms with E-state index in [1.54, 1.807) is 0 Å². The Morgan fingerprint density at radius 3 is 3.14 bits per heavy atom. The SMILES string of the molecule is C1=C(CN2CCC(n3cnc4c3CCCC4)C2)COCC1. The van der Waals surface area contributed by atoms with Crippen molar-refractivity contribution in [3.63, 3.8) is 0 Å². The van der Waals surface area contributed by atoms with Crippen LogP contribution in [0, 0.1) is 0 Å². The summed E-state index contributed by atoms with van der Waals surface area (Å²) < 4.78 is 8.04. The summed E-state index contributed by atoms with van der Waals surface area (Å²) in [6, 6.07) is 0.629. The second kappa shape index (κ2) is 5.93. The Labute approximate surface area is 126 Å². The Morgan fingerprint density at radius 1 is 1.29 bits per heavy atom. The number of rotatable bonds is 3. The molecule has 3 heterocycles. The van der Waals surface area contributed by atoms with Crippen molar-refractivity contribution in [3.05, 3.63) is 29.4 Å². The molecule has 4 nitrogen and oxygen atoms in total. The zero-order valence-corrected chi connectivity index (χ0v) is 12.8. The molecule has 1 atom stereocenters. The lowest BCUT2D eigenvalue weighted by Crippen LogP contribution is -2.26. The van der Waals surface area contributed by atoms with Crippen LogP contribution in [0.1, 0.15) is 43.1 Å². The molecule has 4 rings (SSSR count). The number of ether oxygens (including phenoxy) is 1. The molecule has 1 aliphatic carbocycles. The highest BCUT2D eigenvalue weighted by Crippen LogP contribution is 2.28. The molecule has 114 valence electrons. The third kappa shape index (κ3) is 2.79. The third-order valence-electron chi connectivity index (χ3n) is 5.11. The lowest BCUT2D eigenvalue weighted by atomic mass is 10.0. The van der Waals surface area contributed by atoms with Crippen LogP contribution in [0.3, 0.4) is 0 Å². The van der Waals surface area contributed by atoms with E-state index in [2.05, 4.69) is 26.9 Å². The van der Waals surface area contributed by atoms with Gasteiger partial charge in [-0.1, -0.05) is 6.08 Å². The van der Waals surface area contributed by atoms with E-state index in [1.807, 2.05) is 0 Å². The first-order valence-corrected chi connectivity index (χ1v) is 8.43. The average Bonchev–Trinajstić information content (AvgIpc) is 3.14. The van der Waals surface area contributed by atoms with Gasteiger partial charge < -0.3 is 9.30 Å². The standard InChI is InChI=1S/C17H25N3O/c1-2-6-17-16(5-1)18-13-20(17)15-7-8-19(11-15)10-14-4-3-9-21-12-14/h4,13,15H,1-3,5-12H2. The quantitative estimate of drug-likeness (QED) is 0.800. The van der Waals surface area contributed by atoms with Gasteiger partial charge in [0.15, 0.2) is 0 Å². The van der Waals surface area contributed by atoms with Crippen LogP contribution in [0.25, 0.3) is 0 Å². The third-order valence-corrected chi connectivity index (χ3v) is 5.11. The number of hydrogen-bond donors (Lipinski definition) is 0. The first-order chi connectivity index (χ1) is 10.4. The van der Waals surface area contributed by atoms with E-state index < -0.39 is 0 Å². The van der Waals surface area contributed by atoms with Gasteiger partial charge in [0, 0.05) is 31.4 Å². The number of hydrogen-bond acceptors (Lipinski definition) is 3. The summed E-state index contributed by atoms with van der Waals surface area (Å²) in [7, 11) is 0. The number of aromatic nitrogens is 2. The molecule has 1 aromatic rings. The molecule has 0 amide bonds. The van der Waals surface area contributed by atoms with Gasteiger partial charge in [-0.25, -0.2) is 4.98 Å². The smallest absolute Gasteiger partial charge is 0.0954 e.